The quantitative estimate of drug-likeness (QED) is 0.136. The van der Waals surface area contributed by atoms with Gasteiger partial charge in [-0.3, -0.25) is 0 Å². The molecular formula is C74H60N2O4. The zero-order valence-electron chi connectivity index (χ0n) is 46.3. The molecule has 0 saturated carbocycles. The molecule has 0 fully saturated rings. The summed E-state index contributed by atoms with van der Waals surface area (Å²) < 4.78 is 27.3. The third kappa shape index (κ3) is 7.52. The van der Waals surface area contributed by atoms with E-state index in [4.69, 9.17) is 17.7 Å². The van der Waals surface area contributed by atoms with Crippen molar-refractivity contribution in [2.75, 3.05) is 9.80 Å². The molecule has 15 rings (SSSR count). The highest BCUT2D eigenvalue weighted by Gasteiger charge is 2.27. The van der Waals surface area contributed by atoms with Gasteiger partial charge in [-0.1, -0.05) is 152 Å². The number of hydrogen-bond donors (Lipinski definition) is 0. The van der Waals surface area contributed by atoms with E-state index in [0.29, 0.717) is 11.8 Å². The second kappa shape index (κ2) is 18.2. The Hall–Kier alpha value is -9.26. The zero-order chi connectivity index (χ0) is 54.2. The van der Waals surface area contributed by atoms with Crippen molar-refractivity contribution in [2.24, 2.45) is 0 Å². The number of hydrogen-bond acceptors (Lipinski definition) is 6. The van der Waals surface area contributed by atoms with Crippen molar-refractivity contribution in [1.29, 1.82) is 0 Å². The number of anilines is 6. The lowest BCUT2D eigenvalue weighted by Crippen LogP contribution is -2.13. The van der Waals surface area contributed by atoms with Crippen LogP contribution in [0.2, 0.25) is 0 Å². The highest BCUT2D eigenvalue weighted by molar-refractivity contribution is 6.19. The van der Waals surface area contributed by atoms with E-state index in [1.807, 2.05) is 12.1 Å². The number of nitrogens with zero attached hydrogens (tertiary/aromatic N) is 2. The SMILES string of the molecule is CC(C)c1ccc(N(c2ccc3cc4c(cc3c2)oc2cc3oc5cc6cc(N(c7ccc(C(C)C)cc7)c7c(C(C)C)ccc8c7oc7ccccc78)ccc6cc5c3cc24)c2c(C(C)C)ccc3c2oc2ccccc23)cc1. The minimum absolute atomic E-state index is 0.240. The average molecular weight is 1040 g/mol. The Morgan fingerprint density at radius 3 is 1.06 bits per heavy atom. The summed E-state index contributed by atoms with van der Waals surface area (Å²) >= 11 is 0. The van der Waals surface area contributed by atoms with Crippen molar-refractivity contribution in [1.82, 2.24) is 0 Å². The largest absolute Gasteiger partial charge is 0.456 e. The van der Waals surface area contributed by atoms with Crippen molar-refractivity contribution < 1.29 is 17.7 Å². The van der Waals surface area contributed by atoms with Gasteiger partial charge in [0.15, 0.2) is 11.2 Å². The fourth-order valence-electron chi connectivity index (χ4n) is 12.6. The predicted molar refractivity (Wildman–Crippen MR) is 336 cm³/mol. The van der Waals surface area contributed by atoms with Crippen LogP contribution in [0.5, 0.6) is 0 Å². The molecule has 15 aromatic rings. The number of para-hydroxylation sites is 2. The first-order valence-electron chi connectivity index (χ1n) is 28.3. The van der Waals surface area contributed by atoms with Crippen LogP contribution in [0, 0.1) is 0 Å². The molecule has 4 aromatic heterocycles. The third-order valence-corrected chi connectivity index (χ3v) is 16.9. The fourth-order valence-corrected chi connectivity index (χ4v) is 12.6. The van der Waals surface area contributed by atoms with Crippen molar-refractivity contribution in [3.8, 4) is 0 Å². The topological polar surface area (TPSA) is 59.0 Å². The van der Waals surface area contributed by atoms with Crippen molar-refractivity contribution in [3.05, 3.63) is 216 Å². The fraction of sp³-hybridized carbons (Fsp3) is 0.162. The van der Waals surface area contributed by atoms with Crippen LogP contribution < -0.4 is 9.80 Å². The van der Waals surface area contributed by atoms with E-state index in [1.54, 1.807) is 0 Å². The maximum absolute atomic E-state index is 6.83. The minimum atomic E-state index is 0.240. The first kappa shape index (κ1) is 47.9. The molecule has 0 bridgehead atoms. The first-order valence-corrected chi connectivity index (χ1v) is 28.3. The van der Waals surface area contributed by atoms with Crippen LogP contribution in [0.3, 0.4) is 0 Å². The molecule has 6 heteroatoms. The lowest BCUT2D eigenvalue weighted by molar-refractivity contribution is 0.656. The lowest BCUT2D eigenvalue weighted by Gasteiger charge is -2.29. The van der Waals surface area contributed by atoms with Crippen molar-refractivity contribution in [2.45, 2.75) is 79.1 Å². The molecule has 0 atom stereocenters. The van der Waals surface area contributed by atoms with E-state index in [1.165, 1.54) is 22.3 Å². The van der Waals surface area contributed by atoms with Gasteiger partial charge in [-0.05, 0) is 158 Å². The Morgan fingerprint density at radius 1 is 0.263 bits per heavy atom. The van der Waals surface area contributed by atoms with Crippen LogP contribution >= 0.6 is 0 Å². The van der Waals surface area contributed by atoms with Gasteiger partial charge < -0.3 is 27.5 Å². The van der Waals surface area contributed by atoms with Crippen LogP contribution in [0.15, 0.2) is 212 Å². The van der Waals surface area contributed by atoms with Gasteiger partial charge in [0.25, 0.3) is 0 Å². The van der Waals surface area contributed by atoms with Crippen LogP contribution in [0.25, 0.3) is 109 Å². The highest BCUT2D eigenvalue weighted by Crippen LogP contribution is 2.50. The zero-order valence-corrected chi connectivity index (χ0v) is 46.3. The van der Waals surface area contributed by atoms with Gasteiger partial charge in [0.2, 0.25) is 0 Å². The van der Waals surface area contributed by atoms with Gasteiger partial charge in [0.1, 0.15) is 33.5 Å². The molecule has 0 radical (unpaired) electrons. The maximum atomic E-state index is 6.83. The van der Waals surface area contributed by atoms with Gasteiger partial charge >= 0.3 is 0 Å². The monoisotopic (exact) mass is 1040 g/mol. The maximum Gasteiger partial charge on any atom is 0.159 e. The predicted octanol–water partition coefficient (Wildman–Crippen LogP) is 23.0. The van der Waals surface area contributed by atoms with Crippen molar-refractivity contribution >= 4 is 143 Å². The summed E-state index contributed by atoms with van der Waals surface area (Å²) in [6.07, 6.45) is 0. The Labute approximate surface area is 464 Å². The summed E-state index contributed by atoms with van der Waals surface area (Å²) in [5.74, 6) is 1.31. The molecule has 0 spiro atoms. The van der Waals surface area contributed by atoms with E-state index in [0.717, 1.165) is 143 Å². The molecule has 0 saturated heterocycles. The summed E-state index contributed by atoms with van der Waals surface area (Å²) in [5.41, 5.74) is 18.2. The summed E-state index contributed by atoms with van der Waals surface area (Å²) in [6, 6.07) is 70.7. The van der Waals surface area contributed by atoms with Crippen LogP contribution in [-0.4, -0.2) is 0 Å². The molecule has 6 nitrogen and oxygen atoms in total. The lowest BCUT2D eigenvalue weighted by atomic mass is 9.96. The van der Waals surface area contributed by atoms with Gasteiger partial charge in [0.05, 0.1) is 11.4 Å². The molecule has 0 aliphatic heterocycles. The number of furan rings is 4. The molecule has 80 heavy (non-hydrogen) atoms. The Bertz CT molecular complexity index is 4660. The normalized spacial score (nSPS) is 12.4. The van der Waals surface area contributed by atoms with Crippen LogP contribution in [0.4, 0.5) is 34.1 Å². The molecular weight excluding hydrogens is 981 g/mol. The summed E-state index contributed by atoms with van der Waals surface area (Å²) in [7, 11) is 0. The Kier molecular flexibility index (Phi) is 10.9. The molecule has 11 aromatic carbocycles. The van der Waals surface area contributed by atoms with Crippen LogP contribution in [-0.2, 0) is 0 Å². The number of benzene rings is 11. The third-order valence-electron chi connectivity index (χ3n) is 16.9. The summed E-state index contributed by atoms with van der Waals surface area (Å²) in [5, 5.41) is 13.1. The smallest absolute Gasteiger partial charge is 0.159 e. The molecule has 4 heterocycles. The standard InChI is InChI=1S/C74H60N2O4/c1-41(2)45-17-23-51(24-18-45)75(71-55(43(5)6)29-31-59-57-13-9-11-15-65(57)79-73(59)71)53-27-21-47-35-61-63-39-64-62-36-48-22-28-54(34-50(48)38-68(62)78-70(64)40-69(63)77-67(61)37-49(47)33-53)76(52-25-19-46(20-26-52)42(3)4)72-56(44(7)8)30-32-60-58-14-10-12-16-66(58)80-74(60)72/h9-44H,1-8H3. The van der Waals surface area contributed by atoms with Gasteiger partial charge in [-0.15, -0.1) is 0 Å². The Morgan fingerprint density at radius 2 is 0.650 bits per heavy atom. The number of rotatable bonds is 10. The van der Waals surface area contributed by atoms with Crippen LogP contribution in [0.1, 0.15) is 101 Å². The van der Waals surface area contributed by atoms with E-state index >= 15 is 0 Å². The molecule has 0 aliphatic rings. The molecule has 0 unspecified atom stereocenters. The number of fused-ring (bicyclic) bond motifs is 14. The second-order valence-electron chi connectivity index (χ2n) is 23.2. The summed E-state index contributed by atoms with van der Waals surface area (Å²) in [4.78, 5) is 4.78. The van der Waals surface area contributed by atoms with Gasteiger partial charge in [0, 0.05) is 71.9 Å². The van der Waals surface area contributed by atoms with E-state index < -0.39 is 0 Å². The van der Waals surface area contributed by atoms with E-state index in [-0.39, 0.29) is 11.8 Å². The first-order chi connectivity index (χ1) is 38.9. The second-order valence-corrected chi connectivity index (χ2v) is 23.2. The van der Waals surface area contributed by atoms with E-state index in [9.17, 15) is 0 Å². The van der Waals surface area contributed by atoms with Gasteiger partial charge in [-0.2, -0.15) is 0 Å². The molecule has 0 aliphatic carbocycles. The van der Waals surface area contributed by atoms with Crippen molar-refractivity contribution in [3.63, 3.8) is 0 Å². The molecule has 0 N–H and O–H groups in total. The molecule has 0 amide bonds. The Balaban J connectivity index is 0.850. The summed E-state index contributed by atoms with van der Waals surface area (Å²) in [6.45, 7) is 18.0. The molecule has 390 valence electrons. The highest BCUT2D eigenvalue weighted by atomic mass is 16.3. The van der Waals surface area contributed by atoms with E-state index in [2.05, 4.69) is 247 Å². The van der Waals surface area contributed by atoms with Gasteiger partial charge in [-0.25, -0.2) is 0 Å². The average Bonchev–Trinajstić information content (AvgIpc) is 4.35. The minimum Gasteiger partial charge on any atom is -0.456 e.